The standard InChI is InChI=1S/C18H19ClN4O3/c1-2-21-11-20-16-15(21)17(24)22(10-14-4-3-9-26-14)18(25)23(16)13-7-5-12(19)6-8-13/h5-8,11,14H,2-4,9-10H2,1H3. The van der Waals surface area contributed by atoms with E-state index >= 15 is 0 Å². The Morgan fingerprint density at radius 2 is 2.04 bits per heavy atom. The summed E-state index contributed by atoms with van der Waals surface area (Å²) in [7, 11) is 0. The molecule has 1 saturated heterocycles. The van der Waals surface area contributed by atoms with Gasteiger partial charge in [-0.15, -0.1) is 0 Å². The van der Waals surface area contributed by atoms with Crippen LogP contribution in [0.4, 0.5) is 0 Å². The van der Waals surface area contributed by atoms with Crippen molar-refractivity contribution in [2.45, 2.75) is 39.0 Å². The number of hydrogen-bond donors (Lipinski definition) is 0. The minimum Gasteiger partial charge on any atom is -0.376 e. The van der Waals surface area contributed by atoms with E-state index in [-0.39, 0.29) is 18.2 Å². The molecule has 1 aliphatic heterocycles. The molecule has 8 heteroatoms. The van der Waals surface area contributed by atoms with Crippen LogP contribution in [-0.2, 0) is 17.8 Å². The predicted octanol–water partition coefficient (Wildman–Crippen LogP) is 2.20. The maximum absolute atomic E-state index is 13.2. The van der Waals surface area contributed by atoms with Gasteiger partial charge >= 0.3 is 5.69 Å². The van der Waals surface area contributed by atoms with Gasteiger partial charge in [-0.2, -0.15) is 0 Å². The molecule has 0 N–H and O–H groups in total. The van der Waals surface area contributed by atoms with Crippen LogP contribution < -0.4 is 11.2 Å². The second-order valence-corrected chi connectivity index (χ2v) is 6.78. The average Bonchev–Trinajstić information content (AvgIpc) is 3.29. The second kappa shape index (κ2) is 6.74. The summed E-state index contributed by atoms with van der Waals surface area (Å²) in [6.07, 6.45) is 3.26. The molecule has 1 aromatic carbocycles. The van der Waals surface area contributed by atoms with E-state index in [2.05, 4.69) is 4.98 Å². The molecule has 1 unspecified atom stereocenters. The Hall–Kier alpha value is -2.38. The summed E-state index contributed by atoms with van der Waals surface area (Å²) in [5.74, 6) is 0. The zero-order valence-corrected chi connectivity index (χ0v) is 15.1. The highest BCUT2D eigenvalue weighted by atomic mass is 35.5. The molecule has 0 saturated carbocycles. The van der Waals surface area contributed by atoms with Crippen molar-refractivity contribution in [1.82, 2.24) is 18.7 Å². The number of aryl methyl sites for hydroxylation is 1. The number of imidazole rings is 1. The largest absolute Gasteiger partial charge is 0.376 e. The molecule has 3 heterocycles. The predicted molar refractivity (Wildman–Crippen MR) is 99.2 cm³/mol. The average molecular weight is 375 g/mol. The Balaban J connectivity index is 2.00. The van der Waals surface area contributed by atoms with Crippen LogP contribution in [-0.4, -0.2) is 31.4 Å². The number of ether oxygens (including phenoxy) is 1. The third-order valence-electron chi connectivity index (χ3n) is 4.74. The van der Waals surface area contributed by atoms with Gasteiger partial charge in [0.2, 0.25) is 0 Å². The Morgan fingerprint density at radius 3 is 2.69 bits per heavy atom. The first-order chi connectivity index (χ1) is 12.6. The van der Waals surface area contributed by atoms with E-state index in [1.54, 1.807) is 35.2 Å². The van der Waals surface area contributed by atoms with Crippen molar-refractivity contribution in [2.24, 2.45) is 0 Å². The van der Waals surface area contributed by atoms with Crippen molar-refractivity contribution in [1.29, 1.82) is 0 Å². The molecule has 1 aliphatic rings. The van der Waals surface area contributed by atoms with E-state index in [4.69, 9.17) is 16.3 Å². The number of benzene rings is 1. The van der Waals surface area contributed by atoms with Gasteiger partial charge in [-0.3, -0.25) is 9.36 Å². The minimum atomic E-state index is -0.415. The highest BCUT2D eigenvalue weighted by molar-refractivity contribution is 6.30. The molecule has 7 nitrogen and oxygen atoms in total. The molecule has 1 fully saturated rings. The van der Waals surface area contributed by atoms with Crippen molar-refractivity contribution in [3.05, 3.63) is 56.5 Å². The number of aromatic nitrogens is 4. The lowest BCUT2D eigenvalue weighted by Gasteiger charge is -2.15. The molecular weight excluding hydrogens is 356 g/mol. The summed E-state index contributed by atoms with van der Waals surface area (Å²) in [4.78, 5) is 30.5. The fourth-order valence-electron chi connectivity index (χ4n) is 3.40. The van der Waals surface area contributed by atoms with Crippen LogP contribution in [0.5, 0.6) is 0 Å². The zero-order valence-electron chi connectivity index (χ0n) is 14.4. The maximum atomic E-state index is 13.2. The number of nitrogens with zero attached hydrogens (tertiary/aromatic N) is 4. The third kappa shape index (κ3) is 2.77. The zero-order chi connectivity index (χ0) is 18.3. The fraction of sp³-hybridized carbons (Fsp3) is 0.389. The van der Waals surface area contributed by atoms with Crippen molar-refractivity contribution >= 4 is 22.8 Å². The lowest BCUT2D eigenvalue weighted by molar-refractivity contribution is 0.0950. The van der Waals surface area contributed by atoms with E-state index < -0.39 is 5.69 Å². The molecule has 26 heavy (non-hydrogen) atoms. The number of fused-ring (bicyclic) bond motifs is 1. The van der Waals surface area contributed by atoms with E-state index in [1.807, 2.05) is 6.92 Å². The molecule has 0 amide bonds. The van der Waals surface area contributed by atoms with Gasteiger partial charge in [0, 0.05) is 18.2 Å². The Morgan fingerprint density at radius 1 is 1.27 bits per heavy atom. The summed E-state index contributed by atoms with van der Waals surface area (Å²) in [5.41, 5.74) is 0.645. The van der Waals surface area contributed by atoms with Crippen molar-refractivity contribution in [3.8, 4) is 5.69 Å². The van der Waals surface area contributed by atoms with Gasteiger partial charge in [-0.25, -0.2) is 14.3 Å². The van der Waals surface area contributed by atoms with Gasteiger partial charge in [0.05, 0.1) is 24.7 Å². The maximum Gasteiger partial charge on any atom is 0.337 e. The molecule has 1 atom stereocenters. The topological polar surface area (TPSA) is 71.1 Å². The van der Waals surface area contributed by atoms with E-state index in [1.165, 1.54) is 9.13 Å². The normalized spacial score (nSPS) is 17.2. The van der Waals surface area contributed by atoms with Gasteiger partial charge in [-0.05, 0) is 44.0 Å². The molecule has 3 aromatic rings. The van der Waals surface area contributed by atoms with Gasteiger partial charge < -0.3 is 9.30 Å². The van der Waals surface area contributed by atoms with Crippen molar-refractivity contribution in [2.75, 3.05) is 6.61 Å². The fourth-order valence-corrected chi connectivity index (χ4v) is 3.52. The first-order valence-electron chi connectivity index (χ1n) is 8.68. The van der Waals surface area contributed by atoms with Gasteiger partial charge in [0.15, 0.2) is 11.2 Å². The Bertz CT molecular complexity index is 1060. The molecule has 2 aromatic heterocycles. The summed E-state index contributed by atoms with van der Waals surface area (Å²) in [5, 5.41) is 0.574. The lowest BCUT2D eigenvalue weighted by Crippen LogP contribution is -2.42. The van der Waals surface area contributed by atoms with Crippen LogP contribution in [0.15, 0.2) is 40.2 Å². The van der Waals surface area contributed by atoms with Crippen LogP contribution in [0.2, 0.25) is 5.02 Å². The second-order valence-electron chi connectivity index (χ2n) is 6.35. The third-order valence-corrected chi connectivity index (χ3v) is 4.99. The van der Waals surface area contributed by atoms with Gasteiger partial charge in [0.1, 0.15) is 0 Å². The highest BCUT2D eigenvalue weighted by Crippen LogP contribution is 2.17. The first-order valence-corrected chi connectivity index (χ1v) is 9.06. The summed E-state index contributed by atoms with van der Waals surface area (Å²) in [6.45, 7) is 3.43. The van der Waals surface area contributed by atoms with Crippen molar-refractivity contribution < 1.29 is 4.74 Å². The van der Waals surface area contributed by atoms with E-state index in [9.17, 15) is 9.59 Å². The molecule has 0 spiro atoms. The first kappa shape index (κ1) is 17.1. The van der Waals surface area contributed by atoms with Crippen LogP contribution >= 0.6 is 11.6 Å². The Labute approximate surface area is 154 Å². The molecular formula is C18H19ClN4O3. The molecule has 4 rings (SSSR count). The summed E-state index contributed by atoms with van der Waals surface area (Å²) < 4.78 is 10.1. The Kier molecular flexibility index (Phi) is 4.42. The SMILES string of the molecule is CCn1cnc2c1c(=O)n(CC1CCCO1)c(=O)n2-c1ccc(Cl)cc1. The number of hydrogen-bond acceptors (Lipinski definition) is 4. The van der Waals surface area contributed by atoms with Gasteiger partial charge in [0.25, 0.3) is 5.56 Å². The van der Waals surface area contributed by atoms with Crippen LogP contribution in [0.3, 0.4) is 0 Å². The minimum absolute atomic E-state index is 0.116. The van der Waals surface area contributed by atoms with Crippen LogP contribution in [0, 0.1) is 0 Å². The van der Waals surface area contributed by atoms with E-state index in [0.29, 0.717) is 35.0 Å². The number of halogens is 1. The van der Waals surface area contributed by atoms with Gasteiger partial charge in [-0.1, -0.05) is 11.6 Å². The van der Waals surface area contributed by atoms with Crippen LogP contribution in [0.1, 0.15) is 19.8 Å². The molecule has 0 aliphatic carbocycles. The van der Waals surface area contributed by atoms with Crippen molar-refractivity contribution in [3.63, 3.8) is 0 Å². The quantitative estimate of drug-likeness (QED) is 0.702. The smallest absolute Gasteiger partial charge is 0.337 e. The lowest BCUT2D eigenvalue weighted by atomic mass is 10.2. The highest BCUT2D eigenvalue weighted by Gasteiger charge is 2.23. The molecule has 0 radical (unpaired) electrons. The monoisotopic (exact) mass is 374 g/mol. The molecule has 0 bridgehead atoms. The summed E-state index contributed by atoms with van der Waals surface area (Å²) in [6, 6.07) is 6.91. The number of rotatable bonds is 4. The molecule has 136 valence electrons. The van der Waals surface area contributed by atoms with E-state index in [0.717, 1.165) is 12.8 Å². The summed E-state index contributed by atoms with van der Waals surface area (Å²) >= 11 is 5.97. The van der Waals surface area contributed by atoms with Crippen LogP contribution in [0.25, 0.3) is 16.9 Å².